The van der Waals surface area contributed by atoms with E-state index < -0.39 is 0 Å². The third-order valence-electron chi connectivity index (χ3n) is 3.20. The lowest BCUT2D eigenvalue weighted by molar-refractivity contribution is 0.900. The van der Waals surface area contributed by atoms with Crippen LogP contribution in [0.15, 0.2) is 12.1 Å². The van der Waals surface area contributed by atoms with Gasteiger partial charge in [-0.05, 0) is 37.8 Å². The Morgan fingerprint density at radius 2 is 2.18 bits per heavy atom. The summed E-state index contributed by atoms with van der Waals surface area (Å²) in [6.45, 7) is 2.16. The Bertz CT molecular complexity index is 560. The van der Waals surface area contributed by atoms with Gasteiger partial charge in [-0.15, -0.1) is 11.3 Å². The Morgan fingerprint density at radius 1 is 1.29 bits per heavy atom. The van der Waals surface area contributed by atoms with Gasteiger partial charge in [-0.2, -0.15) is 0 Å². The van der Waals surface area contributed by atoms with Crippen LogP contribution in [0.2, 0.25) is 0 Å². The molecule has 0 saturated heterocycles. The molecule has 0 saturated carbocycles. The number of nitrogen functional groups attached to an aromatic ring is 1. The fourth-order valence-corrected chi connectivity index (χ4v) is 3.14. The van der Waals surface area contributed by atoms with Gasteiger partial charge >= 0.3 is 0 Å². The summed E-state index contributed by atoms with van der Waals surface area (Å²) in [6.07, 6.45) is 4.29. The van der Waals surface area contributed by atoms with Gasteiger partial charge in [0, 0.05) is 16.1 Å². The van der Waals surface area contributed by atoms with Crippen LogP contribution in [0.5, 0.6) is 0 Å². The monoisotopic (exact) mass is 245 g/mol. The molecule has 0 amide bonds. The second kappa shape index (κ2) is 4.11. The molecule has 0 unspecified atom stereocenters. The number of anilines is 1. The average molecular weight is 245 g/mol. The summed E-state index contributed by atoms with van der Waals surface area (Å²) in [5.74, 6) is 1.47. The summed E-state index contributed by atoms with van der Waals surface area (Å²) in [4.78, 5) is 11.6. The molecule has 0 spiro atoms. The fourth-order valence-electron chi connectivity index (χ4n) is 2.26. The van der Waals surface area contributed by atoms with Gasteiger partial charge < -0.3 is 5.73 Å². The van der Waals surface area contributed by atoms with Gasteiger partial charge in [-0.25, -0.2) is 9.97 Å². The zero-order valence-electron chi connectivity index (χ0n) is 9.86. The Kier molecular flexibility index (Phi) is 2.59. The maximum Gasteiger partial charge on any atom is 0.171 e. The van der Waals surface area contributed by atoms with Crippen molar-refractivity contribution in [1.82, 2.24) is 9.97 Å². The molecule has 0 aromatic carbocycles. The minimum Gasteiger partial charge on any atom is -0.383 e. The number of aryl methyl sites for hydroxylation is 2. The maximum absolute atomic E-state index is 6.00. The fraction of sp³-hybridized carbons (Fsp3) is 0.385. The van der Waals surface area contributed by atoms with Crippen molar-refractivity contribution in [2.45, 2.75) is 32.6 Å². The van der Waals surface area contributed by atoms with Crippen molar-refractivity contribution in [1.29, 1.82) is 0 Å². The zero-order valence-corrected chi connectivity index (χ0v) is 10.7. The van der Waals surface area contributed by atoms with Crippen LogP contribution >= 0.6 is 11.3 Å². The molecule has 1 aliphatic rings. The number of fused-ring (bicyclic) bond motifs is 1. The number of hydrogen-bond acceptors (Lipinski definition) is 4. The molecule has 2 aromatic rings. The van der Waals surface area contributed by atoms with Crippen LogP contribution in [0.25, 0.3) is 10.7 Å². The molecule has 1 aliphatic carbocycles. The molecule has 0 fully saturated rings. The predicted octanol–water partition coefficient (Wildman–Crippen LogP) is 2.84. The van der Waals surface area contributed by atoms with Crippen molar-refractivity contribution in [3.05, 3.63) is 28.3 Å². The predicted molar refractivity (Wildman–Crippen MR) is 71.2 cm³/mol. The summed E-state index contributed by atoms with van der Waals surface area (Å²) in [7, 11) is 0. The van der Waals surface area contributed by atoms with E-state index in [0.29, 0.717) is 5.82 Å². The topological polar surface area (TPSA) is 51.8 Å². The molecular formula is C13H15N3S. The molecule has 2 heterocycles. The lowest BCUT2D eigenvalue weighted by Gasteiger charge is -2.04. The molecule has 3 nitrogen and oxygen atoms in total. The second-order valence-corrected chi connectivity index (χ2v) is 5.50. The van der Waals surface area contributed by atoms with E-state index >= 15 is 0 Å². The van der Waals surface area contributed by atoms with Crippen LogP contribution in [-0.2, 0) is 19.3 Å². The quantitative estimate of drug-likeness (QED) is 0.885. The van der Waals surface area contributed by atoms with Crippen LogP contribution < -0.4 is 5.73 Å². The van der Waals surface area contributed by atoms with Crippen molar-refractivity contribution in [2.75, 3.05) is 5.73 Å². The normalized spacial score (nSPS) is 13.9. The van der Waals surface area contributed by atoms with Gasteiger partial charge in [0.05, 0.1) is 4.88 Å². The van der Waals surface area contributed by atoms with Crippen molar-refractivity contribution < 1.29 is 0 Å². The van der Waals surface area contributed by atoms with Crippen LogP contribution in [-0.4, -0.2) is 9.97 Å². The first-order chi connectivity index (χ1) is 8.28. The number of hydrogen-bond donors (Lipinski definition) is 1. The van der Waals surface area contributed by atoms with Crippen LogP contribution in [0.4, 0.5) is 5.82 Å². The summed E-state index contributed by atoms with van der Waals surface area (Å²) in [5.41, 5.74) is 8.32. The smallest absolute Gasteiger partial charge is 0.171 e. The molecule has 88 valence electrons. The number of rotatable bonds is 2. The van der Waals surface area contributed by atoms with E-state index in [9.17, 15) is 0 Å². The van der Waals surface area contributed by atoms with E-state index in [1.165, 1.54) is 10.4 Å². The van der Waals surface area contributed by atoms with Crippen molar-refractivity contribution in [3.63, 3.8) is 0 Å². The van der Waals surface area contributed by atoms with E-state index in [4.69, 9.17) is 5.73 Å². The number of thiophene rings is 1. The third kappa shape index (κ3) is 1.82. The molecule has 0 aliphatic heterocycles. The van der Waals surface area contributed by atoms with Gasteiger partial charge in [0.15, 0.2) is 5.82 Å². The molecule has 0 radical (unpaired) electrons. The molecule has 3 rings (SSSR count). The highest BCUT2D eigenvalue weighted by molar-refractivity contribution is 7.15. The van der Waals surface area contributed by atoms with Gasteiger partial charge in [0.25, 0.3) is 0 Å². The van der Waals surface area contributed by atoms with E-state index in [-0.39, 0.29) is 0 Å². The van der Waals surface area contributed by atoms with Crippen molar-refractivity contribution in [2.24, 2.45) is 0 Å². The van der Waals surface area contributed by atoms with E-state index in [1.54, 1.807) is 11.3 Å². The van der Waals surface area contributed by atoms with Crippen LogP contribution in [0, 0.1) is 0 Å². The highest BCUT2D eigenvalue weighted by atomic mass is 32.1. The first kappa shape index (κ1) is 10.7. The first-order valence-electron chi connectivity index (χ1n) is 6.02. The second-order valence-electron chi connectivity index (χ2n) is 4.33. The Hall–Kier alpha value is -1.42. The van der Waals surface area contributed by atoms with Gasteiger partial charge in [-0.3, -0.25) is 0 Å². The van der Waals surface area contributed by atoms with Crippen molar-refractivity contribution in [3.8, 4) is 10.7 Å². The summed E-state index contributed by atoms with van der Waals surface area (Å²) in [5, 5.41) is 0. The molecule has 17 heavy (non-hydrogen) atoms. The maximum atomic E-state index is 6.00. The van der Waals surface area contributed by atoms with Crippen molar-refractivity contribution >= 4 is 17.2 Å². The molecular weight excluding hydrogens is 230 g/mol. The third-order valence-corrected chi connectivity index (χ3v) is 4.42. The van der Waals surface area contributed by atoms with Gasteiger partial charge in [-0.1, -0.05) is 6.92 Å². The molecule has 2 N–H and O–H groups in total. The SMILES string of the molecule is CCc1ccc(-c2nc(N)c3c(n2)CCC3)s1. The minimum atomic E-state index is 0.675. The van der Waals surface area contributed by atoms with Crippen LogP contribution in [0.3, 0.4) is 0 Å². The average Bonchev–Trinajstić information content (AvgIpc) is 2.97. The Balaban J connectivity index is 2.06. The zero-order chi connectivity index (χ0) is 11.8. The van der Waals surface area contributed by atoms with Crippen LogP contribution in [0.1, 0.15) is 29.5 Å². The van der Waals surface area contributed by atoms with E-state index in [1.807, 2.05) is 0 Å². The largest absolute Gasteiger partial charge is 0.383 e. The summed E-state index contributed by atoms with van der Waals surface area (Å²) < 4.78 is 0. The molecule has 0 bridgehead atoms. The highest BCUT2D eigenvalue weighted by Crippen LogP contribution is 2.30. The number of nitrogens with zero attached hydrogens (tertiary/aromatic N) is 2. The lowest BCUT2D eigenvalue weighted by atomic mass is 10.2. The highest BCUT2D eigenvalue weighted by Gasteiger charge is 2.18. The molecule has 0 atom stereocenters. The molecule has 2 aromatic heterocycles. The van der Waals surface area contributed by atoms with E-state index in [2.05, 4.69) is 29.0 Å². The summed E-state index contributed by atoms with van der Waals surface area (Å²) in [6, 6.07) is 4.24. The van der Waals surface area contributed by atoms with E-state index in [0.717, 1.165) is 42.1 Å². The van der Waals surface area contributed by atoms with Gasteiger partial charge in [0.2, 0.25) is 0 Å². The minimum absolute atomic E-state index is 0.675. The first-order valence-corrected chi connectivity index (χ1v) is 6.84. The Morgan fingerprint density at radius 3 is 2.94 bits per heavy atom. The number of nitrogens with two attached hydrogens (primary N) is 1. The number of aromatic nitrogens is 2. The lowest BCUT2D eigenvalue weighted by Crippen LogP contribution is -2.02. The van der Waals surface area contributed by atoms with Gasteiger partial charge in [0.1, 0.15) is 5.82 Å². The molecule has 4 heteroatoms. The summed E-state index contributed by atoms with van der Waals surface area (Å²) >= 11 is 1.76. The Labute approximate surface area is 105 Å². The standard InChI is InChI=1S/C13H15N3S/c1-2-8-6-7-11(17-8)13-15-10-5-3-4-9(10)12(14)16-13/h6-7H,2-5H2,1H3,(H2,14,15,16).